The number of nitrogens with zero attached hydrogens (tertiary/aromatic N) is 2. The van der Waals surface area contributed by atoms with Crippen LogP contribution < -0.4 is 10.9 Å². The van der Waals surface area contributed by atoms with Crippen LogP contribution in [0.25, 0.3) is 22.3 Å². The van der Waals surface area contributed by atoms with Gasteiger partial charge in [0.1, 0.15) is 25.5 Å². The highest BCUT2D eigenvalue weighted by Gasteiger charge is 2.38. The van der Waals surface area contributed by atoms with Gasteiger partial charge in [-0.15, -0.1) is 0 Å². The van der Waals surface area contributed by atoms with Gasteiger partial charge in [-0.2, -0.15) is 0 Å². The number of rotatable bonds is 14. The van der Waals surface area contributed by atoms with Gasteiger partial charge in [-0.25, -0.2) is 9.78 Å². The fraction of sp³-hybridized carbons (Fsp3) is 0.550. The number of aromatic hydroxyl groups is 1. The predicted molar refractivity (Wildman–Crippen MR) is 203 cm³/mol. The van der Waals surface area contributed by atoms with Crippen molar-refractivity contribution in [3.63, 3.8) is 0 Å². The van der Waals surface area contributed by atoms with Crippen LogP contribution in [0, 0.1) is 11.8 Å². The van der Waals surface area contributed by atoms with Crippen molar-refractivity contribution in [3.8, 4) is 17.1 Å². The maximum atomic E-state index is 13.6. The van der Waals surface area contributed by atoms with Crippen molar-refractivity contribution in [3.05, 3.63) is 56.9 Å². The zero-order valence-electron chi connectivity index (χ0n) is 33.0. The summed E-state index contributed by atoms with van der Waals surface area (Å²) in [6, 6.07) is 6.47. The number of aliphatic hydroxyl groups excluding tert-OH is 2. The number of aromatic nitrogens is 2. The molecule has 3 atom stereocenters. The first-order valence-corrected chi connectivity index (χ1v) is 18.8. The summed E-state index contributed by atoms with van der Waals surface area (Å²) in [7, 11) is 0. The predicted octanol–water partition coefficient (Wildman–Crippen LogP) is 4.20. The Kier molecular flexibility index (Phi) is 16.8. The van der Waals surface area contributed by atoms with Crippen LogP contribution in [0.5, 0.6) is 5.75 Å². The summed E-state index contributed by atoms with van der Waals surface area (Å²) in [5.74, 6) is -2.18. The number of hydrogen-bond donors (Lipinski definition) is 4. The summed E-state index contributed by atoms with van der Waals surface area (Å²) in [4.78, 5) is 68.2. The van der Waals surface area contributed by atoms with Gasteiger partial charge in [0.2, 0.25) is 12.0 Å². The molecule has 0 bridgehead atoms. The number of nitrogens with one attached hydrogen (secondary N) is 1. The second kappa shape index (κ2) is 20.7. The van der Waals surface area contributed by atoms with Gasteiger partial charge in [-0.3, -0.25) is 19.2 Å². The molecule has 15 heteroatoms. The molecule has 55 heavy (non-hydrogen) atoms. The summed E-state index contributed by atoms with van der Waals surface area (Å²) >= 11 is 0. The highest BCUT2D eigenvalue weighted by atomic mass is 16.6. The smallest absolute Gasteiger partial charge is 0.352 e. The van der Waals surface area contributed by atoms with Crippen LogP contribution >= 0.6 is 0 Å². The number of fused-ring (bicyclic) bond motifs is 5. The highest BCUT2D eigenvalue weighted by Crippen LogP contribution is 2.39. The number of aliphatic hydroxyl groups is 2. The molecule has 2 aromatic heterocycles. The highest BCUT2D eigenvalue weighted by molar-refractivity contribution is 5.90. The zero-order valence-corrected chi connectivity index (χ0v) is 33.0. The van der Waals surface area contributed by atoms with E-state index in [4.69, 9.17) is 23.9 Å². The molecule has 1 amide bonds. The third-order valence-electron chi connectivity index (χ3n) is 8.50. The van der Waals surface area contributed by atoms with Gasteiger partial charge in [0.25, 0.3) is 5.56 Å². The number of phenolic OH excluding ortho intramolecular Hbond substituents is 1. The van der Waals surface area contributed by atoms with Gasteiger partial charge in [0.05, 0.1) is 41.7 Å². The van der Waals surface area contributed by atoms with E-state index in [1.165, 1.54) is 10.6 Å². The summed E-state index contributed by atoms with van der Waals surface area (Å²) < 4.78 is 22.3. The van der Waals surface area contributed by atoms with E-state index in [9.17, 15) is 39.3 Å². The number of carbonyl (C=O) groups excluding carboxylic acids is 4. The minimum absolute atomic E-state index is 0.0618. The van der Waals surface area contributed by atoms with Crippen LogP contribution in [0.2, 0.25) is 0 Å². The van der Waals surface area contributed by atoms with Crippen molar-refractivity contribution in [1.82, 2.24) is 14.9 Å². The maximum absolute atomic E-state index is 13.6. The lowest BCUT2D eigenvalue weighted by Crippen LogP contribution is -2.36. The number of esters is 3. The fourth-order valence-electron chi connectivity index (χ4n) is 5.91. The Balaban J connectivity index is 0.00000127. The molecule has 1 aromatic carbocycles. The average molecular weight is 770 g/mol. The number of hydrogen-bond acceptors (Lipinski definition) is 13. The van der Waals surface area contributed by atoms with Gasteiger partial charge in [0, 0.05) is 29.4 Å². The molecular formula is C40H55N3O12. The molecule has 0 saturated carbocycles. The minimum Gasteiger partial charge on any atom is -0.508 e. The van der Waals surface area contributed by atoms with Gasteiger partial charge >= 0.3 is 17.9 Å². The van der Waals surface area contributed by atoms with Crippen LogP contribution in [-0.2, 0) is 57.7 Å². The molecule has 0 saturated heterocycles. The van der Waals surface area contributed by atoms with Crippen LogP contribution in [0.3, 0.4) is 0 Å². The number of phenols is 1. The molecular weight excluding hydrogens is 714 g/mol. The van der Waals surface area contributed by atoms with E-state index in [0.717, 1.165) is 22.4 Å². The molecule has 3 aromatic rings. The molecule has 2 aliphatic heterocycles. The maximum Gasteiger partial charge on any atom is 0.352 e. The topological polar surface area (TPSA) is 213 Å². The second-order valence-corrected chi connectivity index (χ2v) is 13.9. The summed E-state index contributed by atoms with van der Waals surface area (Å²) in [5.41, 5.74) is 3.33. The normalized spacial score (nSPS) is 15.0. The number of aryl methyl sites for hydroxylation is 1. The number of amides is 1. The molecule has 0 aliphatic carbocycles. The molecule has 0 spiro atoms. The first-order valence-electron chi connectivity index (χ1n) is 18.8. The van der Waals surface area contributed by atoms with Crippen molar-refractivity contribution in [1.29, 1.82) is 0 Å². The van der Waals surface area contributed by atoms with E-state index in [0.29, 0.717) is 23.3 Å². The number of cyclic esters (lactones) is 1. The van der Waals surface area contributed by atoms with E-state index >= 15 is 0 Å². The molecule has 5 rings (SSSR count). The molecule has 2 aliphatic rings. The lowest BCUT2D eigenvalue weighted by atomic mass is 9.97. The van der Waals surface area contributed by atoms with Crippen molar-refractivity contribution < 1.29 is 53.4 Å². The van der Waals surface area contributed by atoms with Crippen molar-refractivity contribution in [2.24, 2.45) is 11.8 Å². The molecule has 4 heterocycles. The van der Waals surface area contributed by atoms with E-state index in [2.05, 4.69) is 26.1 Å². The first kappa shape index (κ1) is 44.5. The zero-order chi connectivity index (χ0) is 41.0. The second-order valence-electron chi connectivity index (χ2n) is 13.9. The van der Waals surface area contributed by atoms with E-state index in [-0.39, 0.29) is 61.8 Å². The average Bonchev–Trinajstić information content (AvgIpc) is 3.51. The fourth-order valence-corrected chi connectivity index (χ4v) is 5.91. The Hall–Kier alpha value is -4.86. The Bertz CT molecular complexity index is 1880. The molecule has 0 radical (unpaired) electrons. The van der Waals surface area contributed by atoms with E-state index in [1.807, 2.05) is 20.8 Å². The largest absolute Gasteiger partial charge is 0.508 e. The molecule has 0 fully saturated rings. The van der Waals surface area contributed by atoms with Crippen LogP contribution in [0.1, 0.15) is 103 Å². The van der Waals surface area contributed by atoms with E-state index < -0.39 is 61.0 Å². The monoisotopic (exact) mass is 769 g/mol. The van der Waals surface area contributed by atoms with E-state index in [1.54, 1.807) is 32.0 Å². The first-order chi connectivity index (χ1) is 26.1. The summed E-state index contributed by atoms with van der Waals surface area (Å²) in [5, 5.41) is 32.3. The summed E-state index contributed by atoms with van der Waals surface area (Å²) in [6.07, 6.45) is -3.13. The summed E-state index contributed by atoms with van der Waals surface area (Å²) in [6.45, 7) is 14.7. The van der Waals surface area contributed by atoms with Crippen molar-refractivity contribution >= 4 is 34.7 Å². The third-order valence-corrected chi connectivity index (χ3v) is 8.50. The number of carbonyl (C=O) groups is 4. The minimum atomic E-state index is -1.54. The van der Waals surface area contributed by atoms with Crippen LogP contribution in [0.4, 0.5) is 0 Å². The Morgan fingerprint density at radius 1 is 1.04 bits per heavy atom. The van der Waals surface area contributed by atoms with Gasteiger partial charge in [-0.1, -0.05) is 55.4 Å². The Morgan fingerprint density at radius 2 is 1.73 bits per heavy atom. The van der Waals surface area contributed by atoms with Crippen LogP contribution in [0.15, 0.2) is 29.1 Å². The lowest BCUT2D eigenvalue weighted by Gasteiger charge is -2.25. The SMILES string of the molecule is CC.CC(C)C.CCc1c2c(nc3ccc(O)cc13)-c1cc3c(c(=O)n1C2)COC(=O)C3OC(=O)CNC(=O)CCCC(=O)OCC(O)OC(CO)C(C)C. The third kappa shape index (κ3) is 11.6. The standard InChI is InChI=1S/C34H39N3O12.C4H10.C2H6/c1-4-19-20-10-18(39)8-9-24(20)36-31-22(19)13-37-25(31)11-21-23(33(37)44)15-47-34(45)32(21)49-29(42)12-35-27(40)6-5-7-28(41)46-16-30(43)48-26(14-38)17(2)3;1-4(2)3;1-2/h8-11,17,26,30,32,38-39,43H,4-7,12-16H2,1-3H3,(H,35,40);4H,1-3H3;1-2H3. The quantitative estimate of drug-likeness (QED) is 0.0805. The Labute approximate surface area is 321 Å². The van der Waals surface area contributed by atoms with Crippen LogP contribution in [-0.4, -0.2) is 80.8 Å². The molecule has 3 unspecified atom stereocenters. The molecule has 4 N–H and O–H groups in total. The van der Waals surface area contributed by atoms with Gasteiger partial charge < -0.3 is 44.2 Å². The number of benzene rings is 1. The number of pyridine rings is 2. The lowest BCUT2D eigenvalue weighted by molar-refractivity contribution is -0.190. The van der Waals surface area contributed by atoms with Crippen molar-refractivity contribution in [2.45, 2.75) is 113 Å². The molecule has 15 nitrogen and oxygen atoms in total. The van der Waals surface area contributed by atoms with Gasteiger partial charge in [0.15, 0.2) is 6.29 Å². The van der Waals surface area contributed by atoms with Gasteiger partial charge in [-0.05, 0) is 54.5 Å². The van der Waals surface area contributed by atoms with Crippen molar-refractivity contribution in [2.75, 3.05) is 19.8 Å². The molecule has 302 valence electrons. The number of ether oxygens (including phenoxy) is 4. The Morgan fingerprint density at radius 3 is 2.36 bits per heavy atom.